The molecule has 3 N–H and O–H groups in total. The number of carbonyl (C=O) groups excluding carboxylic acids is 2. The van der Waals surface area contributed by atoms with Crippen LogP contribution in [-0.4, -0.2) is 30.6 Å². The lowest BCUT2D eigenvalue weighted by atomic mass is 9.97. The number of carbonyl (C=O) groups is 2. The Labute approximate surface area is 188 Å². The number of halogens is 1. The van der Waals surface area contributed by atoms with Crippen LogP contribution in [-0.2, 0) is 9.59 Å². The molecule has 0 saturated carbocycles. The molecule has 0 radical (unpaired) electrons. The first-order valence-electron chi connectivity index (χ1n) is 10.4. The zero-order valence-corrected chi connectivity index (χ0v) is 19.2. The standard InChI is InChI=1S/C22H23ClN4O2.C2H6/c1-3-25-21(28)19(24)18-10-11-27(17-9-4-6-14(2)12-17)22(29)20(18)26-16-8-5-7-15(23)13-16;1-2/h4-9,12-13H,3,10-11,24H2,1-2H3,(H,25,28);1-2H3/b19-18-,26-20?;. The SMILES string of the molecule is CC.CCNC(=O)/C(N)=C1\CCN(c2cccc(C)c2)C(=O)C1=Nc1cccc(Cl)c1. The van der Waals surface area contributed by atoms with E-state index in [4.69, 9.17) is 17.3 Å². The number of nitrogens with one attached hydrogen (secondary N) is 1. The Kier molecular flexibility index (Phi) is 8.82. The molecule has 2 aromatic rings. The first-order valence-corrected chi connectivity index (χ1v) is 10.8. The molecular weight excluding hydrogens is 412 g/mol. The number of nitrogens with zero attached hydrogens (tertiary/aromatic N) is 2. The quantitative estimate of drug-likeness (QED) is 0.684. The summed E-state index contributed by atoms with van der Waals surface area (Å²) in [5.74, 6) is -0.706. The number of nitrogens with two attached hydrogens (primary N) is 1. The van der Waals surface area contributed by atoms with E-state index >= 15 is 0 Å². The lowest BCUT2D eigenvalue weighted by molar-refractivity contribution is -0.117. The summed E-state index contributed by atoms with van der Waals surface area (Å²) < 4.78 is 0. The van der Waals surface area contributed by atoms with E-state index < -0.39 is 5.91 Å². The van der Waals surface area contributed by atoms with E-state index in [9.17, 15) is 9.59 Å². The lowest BCUT2D eigenvalue weighted by Gasteiger charge is -2.30. The Morgan fingerprint density at radius 1 is 1.19 bits per heavy atom. The molecule has 1 aliphatic heterocycles. The lowest BCUT2D eigenvalue weighted by Crippen LogP contribution is -2.45. The van der Waals surface area contributed by atoms with Gasteiger partial charge < -0.3 is 16.0 Å². The van der Waals surface area contributed by atoms with Gasteiger partial charge in [-0.05, 0) is 56.2 Å². The van der Waals surface area contributed by atoms with Crippen molar-refractivity contribution in [1.82, 2.24) is 5.32 Å². The van der Waals surface area contributed by atoms with Crippen LogP contribution in [0.5, 0.6) is 0 Å². The number of hydrogen-bond donors (Lipinski definition) is 2. The van der Waals surface area contributed by atoms with Crippen molar-refractivity contribution in [2.75, 3.05) is 18.0 Å². The maximum atomic E-state index is 13.4. The highest BCUT2D eigenvalue weighted by atomic mass is 35.5. The van der Waals surface area contributed by atoms with E-state index in [1.807, 2.05) is 52.0 Å². The molecule has 2 amide bonds. The van der Waals surface area contributed by atoms with Crippen molar-refractivity contribution < 1.29 is 9.59 Å². The first kappa shape index (κ1) is 24.2. The summed E-state index contributed by atoms with van der Waals surface area (Å²) >= 11 is 6.07. The van der Waals surface area contributed by atoms with Crippen molar-refractivity contribution >= 4 is 40.5 Å². The summed E-state index contributed by atoms with van der Waals surface area (Å²) in [7, 11) is 0. The molecule has 1 aliphatic rings. The van der Waals surface area contributed by atoms with Gasteiger partial charge in [-0.25, -0.2) is 4.99 Å². The topological polar surface area (TPSA) is 87.8 Å². The van der Waals surface area contributed by atoms with Gasteiger partial charge in [0.05, 0.1) is 5.69 Å². The van der Waals surface area contributed by atoms with Crippen molar-refractivity contribution in [2.45, 2.75) is 34.1 Å². The molecule has 7 heteroatoms. The molecule has 0 spiro atoms. The molecule has 0 aliphatic carbocycles. The minimum absolute atomic E-state index is 0.0184. The smallest absolute Gasteiger partial charge is 0.277 e. The van der Waals surface area contributed by atoms with Gasteiger partial charge in [-0.2, -0.15) is 0 Å². The number of hydrogen-bond acceptors (Lipinski definition) is 4. The Bertz CT molecular complexity index is 1010. The van der Waals surface area contributed by atoms with E-state index in [2.05, 4.69) is 10.3 Å². The minimum atomic E-state index is -0.405. The van der Waals surface area contributed by atoms with E-state index in [1.165, 1.54) is 0 Å². The Morgan fingerprint density at radius 3 is 2.55 bits per heavy atom. The minimum Gasteiger partial charge on any atom is -0.394 e. The number of piperidine rings is 1. The summed E-state index contributed by atoms with van der Waals surface area (Å²) in [5.41, 5.74) is 9.09. The highest BCUT2D eigenvalue weighted by Crippen LogP contribution is 2.27. The number of likely N-dealkylation sites (N-methyl/N-ethyl adjacent to an activating group) is 1. The first-order chi connectivity index (χ1) is 14.9. The molecule has 6 nitrogen and oxygen atoms in total. The van der Waals surface area contributed by atoms with Gasteiger partial charge in [-0.3, -0.25) is 9.59 Å². The van der Waals surface area contributed by atoms with Crippen molar-refractivity contribution in [3.63, 3.8) is 0 Å². The molecule has 1 saturated heterocycles. The second-order valence-corrected chi connectivity index (χ2v) is 7.17. The average Bonchev–Trinajstić information content (AvgIpc) is 2.76. The van der Waals surface area contributed by atoms with E-state index in [-0.39, 0.29) is 17.3 Å². The molecule has 3 rings (SSSR count). The van der Waals surface area contributed by atoms with Gasteiger partial charge in [0.25, 0.3) is 11.8 Å². The zero-order valence-electron chi connectivity index (χ0n) is 18.4. The summed E-state index contributed by atoms with van der Waals surface area (Å²) in [6.07, 6.45) is 0.419. The van der Waals surface area contributed by atoms with Crippen molar-refractivity contribution in [3.05, 3.63) is 70.4 Å². The molecule has 31 heavy (non-hydrogen) atoms. The molecule has 164 valence electrons. The highest BCUT2D eigenvalue weighted by Gasteiger charge is 2.32. The third-order valence-electron chi connectivity index (χ3n) is 4.59. The third-order valence-corrected chi connectivity index (χ3v) is 4.82. The Hall–Kier alpha value is -3.12. The molecule has 0 unspecified atom stereocenters. The fourth-order valence-corrected chi connectivity index (χ4v) is 3.37. The number of aryl methyl sites for hydroxylation is 1. The number of amides is 2. The van der Waals surface area contributed by atoms with Crippen LogP contribution in [0.1, 0.15) is 32.8 Å². The maximum absolute atomic E-state index is 13.4. The normalized spacial score (nSPS) is 16.5. The fourth-order valence-electron chi connectivity index (χ4n) is 3.19. The van der Waals surface area contributed by atoms with E-state index in [0.717, 1.165) is 11.3 Å². The summed E-state index contributed by atoms with van der Waals surface area (Å²) in [6, 6.07) is 14.6. The molecule has 2 aromatic carbocycles. The van der Waals surface area contributed by atoms with Crippen molar-refractivity contribution in [2.24, 2.45) is 10.7 Å². The third kappa shape index (κ3) is 5.95. The molecule has 1 fully saturated rings. The summed E-state index contributed by atoms with van der Waals surface area (Å²) in [4.78, 5) is 31.8. The van der Waals surface area contributed by atoms with Crippen LogP contribution in [0.25, 0.3) is 0 Å². The van der Waals surface area contributed by atoms with Crippen LogP contribution in [0, 0.1) is 6.92 Å². The van der Waals surface area contributed by atoms with Crippen molar-refractivity contribution in [1.29, 1.82) is 0 Å². The Morgan fingerprint density at radius 2 is 1.90 bits per heavy atom. The number of aliphatic imine (C=N–C) groups is 1. The molecule has 1 heterocycles. The van der Waals surface area contributed by atoms with Crippen LogP contribution in [0.15, 0.2) is 64.8 Å². The monoisotopic (exact) mass is 440 g/mol. The second-order valence-electron chi connectivity index (χ2n) is 6.74. The van der Waals surface area contributed by atoms with Crippen molar-refractivity contribution in [3.8, 4) is 0 Å². The number of rotatable bonds is 4. The largest absolute Gasteiger partial charge is 0.394 e. The maximum Gasteiger partial charge on any atom is 0.277 e. The molecule has 0 aromatic heterocycles. The van der Waals surface area contributed by atoms with Gasteiger partial charge in [0.15, 0.2) is 0 Å². The van der Waals surface area contributed by atoms with Gasteiger partial charge in [0.2, 0.25) is 0 Å². The van der Waals surface area contributed by atoms with Gasteiger partial charge in [-0.1, -0.05) is 43.6 Å². The number of benzene rings is 2. The predicted octanol–water partition coefficient (Wildman–Crippen LogP) is 4.53. The van der Waals surface area contributed by atoms with Crippen LogP contribution >= 0.6 is 11.6 Å². The van der Waals surface area contributed by atoms with Gasteiger partial charge in [0, 0.05) is 29.4 Å². The number of anilines is 1. The highest BCUT2D eigenvalue weighted by molar-refractivity contribution is 6.51. The van der Waals surface area contributed by atoms with Crippen LogP contribution in [0.4, 0.5) is 11.4 Å². The van der Waals surface area contributed by atoms with Gasteiger partial charge in [-0.15, -0.1) is 0 Å². The molecule has 0 bridgehead atoms. The fraction of sp³-hybridized carbons (Fsp3) is 0.292. The van der Waals surface area contributed by atoms with Crippen LogP contribution in [0.2, 0.25) is 5.02 Å². The van der Waals surface area contributed by atoms with Crippen LogP contribution in [0.3, 0.4) is 0 Å². The average molecular weight is 441 g/mol. The zero-order chi connectivity index (χ0) is 23.0. The molecule has 0 atom stereocenters. The van der Waals surface area contributed by atoms with E-state index in [1.54, 1.807) is 29.2 Å². The van der Waals surface area contributed by atoms with Crippen LogP contribution < -0.4 is 16.0 Å². The molecular formula is C24H29ClN4O2. The summed E-state index contributed by atoms with van der Waals surface area (Å²) in [5, 5.41) is 3.19. The van der Waals surface area contributed by atoms with E-state index in [0.29, 0.717) is 35.8 Å². The second kappa shape index (κ2) is 11.3. The predicted molar refractivity (Wildman–Crippen MR) is 128 cm³/mol. The van der Waals surface area contributed by atoms with Gasteiger partial charge >= 0.3 is 0 Å². The Balaban J connectivity index is 0.00000166. The van der Waals surface area contributed by atoms with Gasteiger partial charge in [0.1, 0.15) is 11.4 Å². The summed E-state index contributed by atoms with van der Waals surface area (Å²) in [6.45, 7) is 8.63.